The Bertz CT molecular complexity index is 241. The highest BCUT2D eigenvalue weighted by Crippen LogP contribution is 2.69. The zero-order valence-electron chi connectivity index (χ0n) is 10.8. The zero-order chi connectivity index (χ0) is 11.3. The highest BCUT2D eigenvalue weighted by Gasteiger charge is 2.62. The Morgan fingerprint density at radius 1 is 1.00 bits per heavy atom. The van der Waals surface area contributed by atoms with Crippen molar-refractivity contribution in [2.24, 2.45) is 16.7 Å². The molecule has 2 saturated carbocycles. The molecule has 0 radical (unpaired) electrons. The summed E-state index contributed by atoms with van der Waals surface area (Å²) in [5.41, 5.74) is 1.03. The largest absolute Gasteiger partial charge is 0.172 e. The van der Waals surface area contributed by atoms with E-state index in [1.54, 1.807) is 0 Å². The topological polar surface area (TPSA) is 0 Å². The molecule has 0 bridgehead atoms. The molecule has 0 N–H and O–H groups in total. The Balaban J connectivity index is 2.09. The van der Waals surface area contributed by atoms with Crippen LogP contribution < -0.4 is 0 Å². The van der Waals surface area contributed by atoms with Crippen molar-refractivity contribution in [3.63, 3.8) is 0 Å². The van der Waals surface area contributed by atoms with Crippen LogP contribution in [0.15, 0.2) is 0 Å². The van der Waals surface area contributed by atoms with E-state index in [1.807, 2.05) is 0 Å². The van der Waals surface area contributed by atoms with Crippen LogP contribution in [-0.4, -0.2) is 4.75 Å². The van der Waals surface area contributed by atoms with Gasteiger partial charge >= 0.3 is 0 Å². The monoisotopic (exact) mass is 226 g/mol. The average molecular weight is 226 g/mol. The van der Waals surface area contributed by atoms with E-state index in [4.69, 9.17) is 12.6 Å². The zero-order valence-corrected chi connectivity index (χ0v) is 11.7. The first-order chi connectivity index (χ1) is 6.80. The maximum absolute atomic E-state index is 5.01. The third kappa shape index (κ3) is 1.85. The Labute approximate surface area is 101 Å². The van der Waals surface area contributed by atoms with Crippen LogP contribution in [0.3, 0.4) is 0 Å². The van der Waals surface area contributed by atoms with Gasteiger partial charge in [-0.3, -0.25) is 0 Å². The van der Waals surface area contributed by atoms with Gasteiger partial charge in [0.2, 0.25) is 0 Å². The van der Waals surface area contributed by atoms with Gasteiger partial charge in [-0.25, -0.2) is 0 Å². The van der Waals surface area contributed by atoms with Crippen molar-refractivity contribution in [2.45, 2.75) is 71.0 Å². The molecule has 2 atom stereocenters. The maximum atomic E-state index is 5.01. The quantitative estimate of drug-likeness (QED) is 0.616. The fourth-order valence-corrected chi connectivity index (χ4v) is 3.84. The van der Waals surface area contributed by atoms with Gasteiger partial charge in [-0.15, -0.1) is 0 Å². The van der Waals surface area contributed by atoms with E-state index in [-0.39, 0.29) is 4.75 Å². The number of hydrogen-bond acceptors (Lipinski definition) is 1. The Morgan fingerprint density at radius 3 is 2.00 bits per heavy atom. The lowest BCUT2D eigenvalue weighted by Gasteiger charge is -2.41. The molecule has 2 aliphatic carbocycles. The first-order valence-corrected chi connectivity index (χ1v) is 6.97. The lowest BCUT2D eigenvalue weighted by molar-refractivity contribution is 0.213. The van der Waals surface area contributed by atoms with Gasteiger partial charge in [0, 0.05) is 4.75 Å². The molecule has 2 unspecified atom stereocenters. The molecular weight excluding hydrogens is 200 g/mol. The number of rotatable bonds is 1. The lowest BCUT2D eigenvalue weighted by Crippen LogP contribution is -2.38. The summed E-state index contributed by atoms with van der Waals surface area (Å²) in [5, 5.41) is 0. The van der Waals surface area contributed by atoms with Crippen LogP contribution in [0.2, 0.25) is 0 Å². The summed E-state index contributed by atoms with van der Waals surface area (Å²) in [4.78, 5) is 0. The normalized spacial score (nSPS) is 33.8. The molecule has 0 amide bonds. The van der Waals surface area contributed by atoms with E-state index in [2.05, 4.69) is 27.7 Å². The lowest BCUT2D eigenvalue weighted by atomic mass is 9.73. The van der Waals surface area contributed by atoms with Crippen LogP contribution in [0.25, 0.3) is 0 Å². The second-order valence-electron chi connectivity index (χ2n) is 7.08. The molecule has 2 rings (SSSR count). The van der Waals surface area contributed by atoms with E-state index in [0.717, 1.165) is 5.92 Å². The first-order valence-electron chi connectivity index (χ1n) is 6.52. The molecule has 1 heteroatoms. The minimum atomic E-state index is 0.213. The van der Waals surface area contributed by atoms with E-state index < -0.39 is 0 Å². The molecule has 0 aromatic carbocycles. The van der Waals surface area contributed by atoms with E-state index in [0.29, 0.717) is 10.8 Å². The van der Waals surface area contributed by atoms with Gasteiger partial charge < -0.3 is 0 Å². The van der Waals surface area contributed by atoms with Crippen LogP contribution in [0.5, 0.6) is 0 Å². The summed E-state index contributed by atoms with van der Waals surface area (Å²) in [5.74, 6) is 0.869. The maximum Gasteiger partial charge on any atom is 0.0183 e. The van der Waals surface area contributed by atoms with Crippen LogP contribution in [-0.2, 0) is 0 Å². The molecular formula is C14H26S. The highest BCUT2D eigenvalue weighted by molar-refractivity contribution is 7.81. The van der Waals surface area contributed by atoms with Gasteiger partial charge in [-0.2, -0.15) is 12.6 Å². The number of thiol groups is 1. The molecule has 15 heavy (non-hydrogen) atoms. The van der Waals surface area contributed by atoms with Gasteiger partial charge in [-0.1, -0.05) is 40.0 Å². The van der Waals surface area contributed by atoms with Gasteiger partial charge in [-0.05, 0) is 42.9 Å². The molecule has 0 nitrogen and oxygen atoms in total. The Kier molecular flexibility index (Phi) is 2.70. The Hall–Kier alpha value is 0.350. The third-order valence-corrected chi connectivity index (χ3v) is 6.22. The van der Waals surface area contributed by atoms with Crippen LogP contribution in [0.4, 0.5) is 0 Å². The summed E-state index contributed by atoms with van der Waals surface area (Å²) < 4.78 is 0.213. The molecule has 0 aromatic rings. The fourth-order valence-electron chi connectivity index (χ4n) is 3.47. The van der Waals surface area contributed by atoms with Crippen molar-refractivity contribution in [1.82, 2.24) is 0 Å². The Morgan fingerprint density at radius 2 is 1.53 bits per heavy atom. The van der Waals surface area contributed by atoms with Crippen molar-refractivity contribution in [3.05, 3.63) is 0 Å². The van der Waals surface area contributed by atoms with Crippen molar-refractivity contribution < 1.29 is 0 Å². The average Bonchev–Trinajstić information content (AvgIpc) is 2.79. The van der Waals surface area contributed by atoms with Crippen LogP contribution >= 0.6 is 12.6 Å². The predicted molar refractivity (Wildman–Crippen MR) is 70.5 cm³/mol. The summed E-state index contributed by atoms with van der Waals surface area (Å²) in [6.07, 6.45) is 8.79. The van der Waals surface area contributed by atoms with Gasteiger partial charge in [0.15, 0.2) is 0 Å². The third-order valence-electron chi connectivity index (χ3n) is 5.24. The number of hydrogen-bond donors (Lipinski definition) is 1. The summed E-state index contributed by atoms with van der Waals surface area (Å²) in [7, 11) is 0. The standard InChI is InChI=1S/C14H26S/c1-12(2,3)13(4,15)11-10-14(11)8-6-5-7-9-14/h11,15H,5-10H2,1-4H3. The summed E-state index contributed by atoms with van der Waals surface area (Å²) in [6.45, 7) is 9.39. The van der Waals surface area contributed by atoms with Gasteiger partial charge in [0.1, 0.15) is 0 Å². The van der Waals surface area contributed by atoms with E-state index >= 15 is 0 Å². The minimum Gasteiger partial charge on any atom is -0.172 e. The predicted octanol–water partition coefficient (Wildman–Crippen LogP) is 4.69. The summed E-state index contributed by atoms with van der Waals surface area (Å²) in [6, 6.07) is 0. The summed E-state index contributed by atoms with van der Waals surface area (Å²) >= 11 is 5.01. The van der Waals surface area contributed by atoms with Crippen LogP contribution in [0, 0.1) is 16.7 Å². The van der Waals surface area contributed by atoms with E-state index in [1.165, 1.54) is 38.5 Å². The molecule has 0 saturated heterocycles. The molecule has 0 aromatic heterocycles. The fraction of sp³-hybridized carbons (Fsp3) is 1.00. The molecule has 88 valence electrons. The molecule has 2 aliphatic rings. The SMILES string of the molecule is CC(C)(C)C(C)(S)C1CC12CCCCC2. The van der Waals surface area contributed by atoms with Crippen molar-refractivity contribution >= 4 is 12.6 Å². The molecule has 1 spiro atoms. The van der Waals surface area contributed by atoms with E-state index in [9.17, 15) is 0 Å². The second-order valence-corrected chi connectivity index (χ2v) is 8.01. The van der Waals surface area contributed by atoms with Gasteiger partial charge in [0.05, 0.1) is 0 Å². The first kappa shape index (κ1) is 11.8. The second kappa shape index (κ2) is 3.42. The molecule has 0 heterocycles. The van der Waals surface area contributed by atoms with Crippen LogP contribution in [0.1, 0.15) is 66.2 Å². The minimum absolute atomic E-state index is 0.213. The smallest absolute Gasteiger partial charge is 0.0183 e. The van der Waals surface area contributed by atoms with Crippen molar-refractivity contribution in [1.29, 1.82) is 0 Å². The van der Waals surface area contributed by atoms with Crippen molar-refractivity contribution in [3.8, 4) is 0 Å². The van der Waals surface area contributed by atoms with Crippen molar-refractivity contribution in [2.75, 3.05) is 0 Å². The molecule has 2 fully saturated rings. The molecule has 0 aliphatic heterocycles. The highest BCUT2D eigenvalue weighted by atomic mass is 32.1. The van der Waals surface area contributed by atoms with Gasteiger partial charge in [0.25, 0.3) is 0 Å².